The number of hydrogen-bond acceptors (Lipinski definition) is 6. The number of rotatable bonds is 8. The second-order valence-electron chi connectivity index (χ2n) is 4.30. The fourth-order valence-corrected chi connectivity index (χ4v) is 3.02. The first kappa shape index (κ1) is 17.7. The van der Waals surface area contributed by atoms with Crippen molar-refractivity contribution >= 4 is 10.0 Å². The number of likely N-dealkylation sites (N-methyl/N-ethyl adjacent to an activating group) is 1. The normalized spacial score (nSPS) is 11.7. The number of benzene rings is 1. The largest absolute Gasteiger partial charge is 0.493 e. The van der Waals surface area contributed by atoms with Crippen LogP contribution in [0.2, 0.25) is 0 Å². The topological polar surface area (TPSA) is 85.3 Å². The van der Waals surface area contributed by atoms with Gasteiger partial charge < -0.3 is 19.3 Å². The van der Waals surface area contributed by atoms with E-state index >= 15 is 0 Å². The lowest BCUT2D eigenvalue weighted by Crippen LogP contribution is -2.30. The Morgan fingerprint density at radius 3 is 2.33 bits per heavy atom. The predicted molar refractivity (Wildman–Crippen MR) is 77.2 cm³/mol. The number of aliphatic hydroxyl groups is 1. The minimum Gasteiger partial charge on any atom is -0.493 e. The molecule has 0 spiro atoms. The van der Waals surface area contributed by atoms with Gasteiger partial charge in [0, 0.05) is 32.3 Å². The average Bonchev–Trinajstić information content (AvgIpc) is 2.50. The third-order valence-corrected chi connectivity index (χ3v) is 4.85. The molecule has 0 bridgehead atoms. The van der Waals surface area contributed by atoms with Crippen molar-refractivity contribution in [3.63, 3.8) is 0 Å². The van der Waals surface area contributed by atoms with Crippen LogP contribution in [0.3, 0.4) is 0 Å². The van der Waals surface area contributed by atoms with Gasteiger partial charge in [0.05, 0.1) is 32.3 Å². The van der Waals surface area contributed by atoms with Crippen LogP contribution in [-0.2, 0) is 21.4 Å². The number of aliphatic hydroxyl groups excluding tert-OH is 1. The molecule has 0 aliphatic carbocycles. The van der Waals surface area contributed by atoms with Crippen molar-refractivity contribution in [2.24, 2.45) is 0 Å². The monoisotopic (exact) mass is 319 g/mol. The summed E-state index contributed by atoms with van der Waals surface area (Å²) in [7, 11) is 2.10. The minimum atomic E-state index is -3.69. The Balaban J connectivity index is 3.30. The van der Waals surface area contributed by atoms with E-state index in [9.17, 15) is 13.5 Å². The summed E-state index contributed by atoms with van der Waals surface area (Å²) in [4.78, 5) is 0.0304. The van der Waals surface area contributed by atoms with Gasteiger partial charge in [-0.25, -0.2) is 8.42 Å². The van der Waals surface area contributed by atoms with E-state index in [4.69, 9.17) is 14.2 Å². The maximum Gasteiger partial charge on any atom is 0.243 e. The SMILES string of the molecule is COCCN(C)S(=O)(=O)c1cc(CO)c(OC)c(OC)c1. The van der Waals surface area contributed by atoms with Gasteiger partial charge in [0.2, 0.25) is 10.0 Å². The molecule has 0 aliphatic rings. The van der Waals surface area contributed by atoms with E-state index in [2.05, 4.69) is 0 Å². The first-order valence-electron chi connectivity index (χ1n) is 6.23. The molecule has 21 heavy (non-hydrogen) atoms. The summed E-state index contributed by atoms with van der Waals surface area (Å²) in [5.41, 5.74) is 0.343. The van der Waals surface area contributed by atoms with Gasteiger partial charge in [0.25, 0.3) is 0 Å². The van der Waals surface area contributed by atoms with E-state index in [-0.39, 0.29) is 30.4 Å². The van der Waals surface area contributed by atoms with Crippen molar-refractivity contribution in [3.8, 4) is 11.5 Å². The Hall–Kier alpha value is -1.35. The predicted octanol–water partition coefficient (Wildman–Crippen LogP) is 0.463. The number of nitrogens with zero attached hydrogens (tertiary/aromatic N) is 1. The van der Waals surface area contributed by atoms with Gasteiger partial charge in [-0.1, -0.05) is 0 Å². The molecule has 0 aromatic heterocycles. The summed E-state index contributed by atoms with van der Waals surface area (Å²) in [5.74, 6) is 0.571. The molecule has 0 unspecified atom stereocenters. The van der Waals surface area contributed by atoms with Crippen LogP contribution in [0, 0.1) is 0 Å². The molecule has 1 aromatic carbocycles. The van der Waals surface area contributed by atoms with Gasteiger partial charge in [-0.2, -0.15) is 4.31 Å². The zero-order chi connectivity index (χ0) is 16.0. The Labute approximate surface area is 125 Å². The summed E-state index contributed by atoms with van der Waals surface area (Å²) in [6.07, 6.45) is 0. The van der Waals surface area contributed by atoms with E-state index in [1.54, 1.807) is 0 Å². The minimum absolute atomic E-state index is 0.0304. The summed E-state index contributed by atoms with van der Waals surface area (Å²) in [6, 6.07) is 2.75. The zero-order valence-electron chi connectivity index (χ0n) is 12.6. The number of hydrogen-bond donors (Lipinski definition) is 1. The molecule has 0 atom stereocenters. The summed E-state index contributed by atoms with van der Waals surface area (Å²) < 4.78 is 41.3. The first-order chi connectivity index (χ1) is 9.92. The zero-order valence-corrected chi connectivity index (χ0v) is 13.4. The van der Waals surface area contributed by atoms with Gasteiger partial charge >= 0.3 is 0 Å². The molecule has 0 saturated heterocycles. The van der Waals surface area contributed by atoms with Crippen LogP contribution in [0.25, 0.3) is 0 Å². The smallest absolute Gasteiger partial charge is 0.243 e. The number of sulfonamides is 1. The lowest BCUT2D eigenvalue weighted by Gasteiger charge is -2.19. The van der Waals surface area contributed by atoms with E-state index in [1.165, 1.54) is 44.8 Å². The third kappa shape index (κ3) is 3.85. The second kappa shape index (κ2) is 7.60. The molecule has 120 valence electrons. The van der Waals surface area contributed by atoms with Crippen LogP contribution in [0.1, 0.15) is 5.56 Å². The molecular formula is C13H21NO6S. The van der Waals surface area contributed by atoms with E-state index in [0.29, 0.717) is 11.3 Å². The van der Waals surface area contributed by atoms with E-state index < -0.39 is 10.0 Å². The van der Waals surface area contributed by atoms with Crippen molar-refractivity contribution in [3.05, 3.63) is 17.7 Å². The standard InChI is InChI=1S/C13H21NO6S/c1-14(5-6-18-2)21(16,17)11-7-10(9-15)13(20-4)12(8-11)19-3/h7-8,15H,5-6,9H2,1-4H3. The van der Waals surface area contributed by atoms with Crippen molar-refractivity contribution in [1.82, 2.24) is 4.31 Å². The van der Waals surface area contributed by atoms with Crippen LogP contribution in [0.15, 0.2) is 17.0 Å². The van der Waals surface area contributed by atoms with Crippen molar-refractivity contribution in [1.29, 1.82) is 0 Å². The van der Waals surface area contributed by atoms with E-state index in [1.807, 2.05) is 0 Å². The van der Waals surface area contributed by atoms with Crippen molar-refractivity contribution < 1.29 is 27.7 Å². The van der Waals surface area contributed by atoms with Gasteiger partial charge in [-0.15, -0.1) is 0 Å². The highest BCUT2D eigenvalue weighted by Gasteiger charge is 2.24. The number of methoxy groups -OCH3 is 3. The van der Waals surface area contributed by atoms with Crippen LogP contribution in [-0.4, -0.2) is 59.4 Å². The Bertz CT molecular complexity index is 547. The highest BCUT2D eigenvalue weighted by atomic mass is 32.2. The fourth-order valence-electron chi connectivity index (χ4n) is 1.80. The Morgan fingerprint density at radius 1 is 1.19 bits per heavy atom. The second-order valence-corrected chi connectivity index (χ2v) is 6.34. The van der Waals surface area contributed by atoms with Gasteiger partial charge in [0.1, 0.15) is 0 Å². The molecule has 0 amide bonds. The summed E-state index contributed by atoms with van der Waals surface area (Å²) in [6.45, 7) is 0.155. The molecule has 7 nitrogen and oxygen atoms in total. The lowest BCUT2D eigenvalue weighted by atomic mass is 10.2. The van der Waals surface area contributed by atoms with Crippen molar-refractivity contribution in [2.45, 2.75) is 11.5 Å². The van der Waals surface area contributed by atoms with Gasteiger partial charge in [0.15, 0.2) is 11.5 Å². The third-order valence-electron chi connectivity index (χ3n) is 3.02. The van der Waals surface area contributed by atoms with Crippen LogP contribution in [0.4, 0.5) is 0 Å². The van der Waals surface area contributed by atoms with E-state index in [0.717, 1.165) is 0 Å². The van der Waals surface area contributed by atoms with Crippen LogP contribution in [0.5, 0.6) is 11.5 Å². The van der Waals surface area contributed by atoms with Crippen LogP contribution >= 0.6 is 0 Å². The molecular weight excluding hydrogens is 298 g/mol. The van der Waals surface area contributed by atoms with Gasteiger partial charge in [-0.3, -0.25) is 0 Å². The maximum atomic E-state index is 12.5. The molecule has 1 rings (SSSR count). The molecule has 8 heteroatoms. The maximum absolute atomic E-state index is 12.5. The quantitative estimate of drug-likeness (QED) is 0.749. The lowest BCUT2D eigenvalue weighted by molar-refractivity contribution is 0.185. The summed E-state index contributed by atoms with van der Waals surface area (Å²) >= 11 is 0. The Kier molecular flexibility index (Phi) is 6.41. The fraction of sp³-hybridized carbons (Fsp3) is 0.538. The Morgan fingerprint density at radius 2 is 1.86 bits per heavy atom. The average molecular weight is 319 g/mol. The molecule has 0 heterocycles. The highest BCUT2D eigenvalue weighted by molar-refractivity contribution is 7.89. The molecule has 0 fully saturated rings. The molecule has 0 radical (unpaired) electrons. The molecule has 0 saturated carbocycles. The molecule has 1 N–H and O–H groups in total. The first-order valence-corrected chi connectivity index (χ1v) is 7.67. The highest BCUT2D eigenvalue weighted by Crippen LogP contribution is 2.34. The molecule has 1 aromatic rings. The van der Waals surface area contributed by atoms with Gasteiger partial charge in [-0.05, 0) is 6.07 Å². The number of ether oxygens (including phenoxy) is 3. The van der Waals surface area contributed by atoms with Crippen LogP contribution < -0.4 is 9.47 Å². The molecule has 0 aliphatic heterocycles. The van der Waals surface area contributed by atoms with Crippen molar-refractivity contribution in [2.75, 3.05) is 41.5 Å². The summed E-state index contributed by atoms with van der Waals surface area (Å²) in [5, 5.41) is 9.38.